The van der Waals surface area contributed by atoms with Crippen molar-refractivity contribution in [1.29, 1.82) is 0 Å². The van der Waals surface area contributed by atoms with Crippen LogP contribution in [-0.2, 0) is 9.53 Å². The van der Waals surface area contributed by atoms with Crippen molar-refractivity contribution < 1.29 is 9.53 Å². The number of fused-ring (bicyclic) bond motifs is 2. The molecule has 1 aliphatic heterocycles. The summed E-state index contributed by atoms with van der Waals surface area (Å²) in [5, 5.41) is 3.24. The van der Waals surface area contributed by atoms with Gasteiger partial charge in [-0.3, -0.25) is 9.69 Å². The normalized spacial score (nSPS) is 37.7. The van der Waals surface area contributed by atoms with Crippen LogP contribution < -0.4 is 11.1 Å². The lowest BCUT2D eigenvalue weighted by Crippen LogP contribution is -2.50. The van der Waals surface area contributed by atoms with E-state index in [1.54, 1.807) is 7.11 Å². The van der Waals surface area contributed by atoms with E-state index in [-0.39, 0.29) is 11.8 Å². The van der Waals surface area contributed by atoms with E-state index in [1.165, 1.54) is 32.1 Å². The molecule has 23 heavy (non-hydrogen) atoms. The van der Waals surface area contributed by atoms with Gasteiger partial charge in [-0.05, 0) is 56.9 Å². The maximum absolute atomic E-state index is 12.6. The predicted octanol–water partition coefficient (Wildman–Crippen LogP) is 1.37. The SMILES string of the molecule is COCCN1CCCC1CNC(=O)C1CC2CCCC(C1)C2N. The zero-order valence-corrected chi connectivity index (χ0v) is 14.5. The fourth-order valence-corrected chi connectivity index (χ4v) is 5.00. The van der Waals surface area contributed by atoms with Crippen LogP contribution in [-0.4, -0.2) is 56.2 Å². The first-order valence-corrected chi connectivity index (χ1v) is 9.45. The molecule has 1 amide bonds. The highest BCUT2D eigenvalue weighted by atomic mass is 16.5. The zero-order chi connectivity index (χ0) is 16.2. The van der Waals surface area contributed by atoms with Crippen molar-refractivity contribution in [2.45, 2.75) is 57.0 Å². The van der Waals surface area contributed by atoms with E-state index in [1.807, 2.05) is 0 Å². The molecule has 3 N–H and O–H groups in total. The number of ether oxygens (including phenoxy) is 1. The number of hydrogen-bond donors (Lipinski definition) is 2. The lowest BCUT2D eigenvalue weighted by Gasteiger charge is -2.43. The van der Waals surface area contributed by atoms with Gasteiger partial charge in [0.25, 0.3) is 0 Å². The van der Waals surface area contributed by atoms with Gasteiger partial charge in [0, 0.05) is 38.2 Å². The molecule has 3 aliphatic rings. The third kappa shape index (κ3) is 4.06. The zero-order valence-electron chi connectivity index (χ0n) is 14.5. The lowest BCUT2D eigenvalue weighted by molar-refractivity contribution is -0.128. The third-order valence-corrected chi connectivity index (χ3v) is 6.38. The molecule has 5 nitrogen and oxygen atoms in total. The van der Waals surface area contributed by atoms with Gasteiger partial charge >= 0.3 is 0 Å². The van der Waals surface area contributed by atoms with E-state index in [2.05, 4.69) is 10.2 Å². The molecule has 2 aliphatic carbocycles. The Balaban J connectivity index is 1.46. The van der Waals surface area contributed by atoms with Gasteiger partial charge in [-0.25, -0.2) is 0 Å². The summed E-state index contributed by atoms with van der Waals surface area (Å²) < 4.78 is 5.18. The number of hydrogen-bond acceptors (Lipinski definition) is 4. The molecule has 2 bridgehead atoms. The first kappa shape index (κ1) is 17.2. The largest absolute Gasteiger partial charge is 0.383 e. The Bertz CT molecular complexity index is 390. The fraction of sp³-hybridized carbons (Fsp3) is 0.944. The summed E-state index contributed by atoms with van der Waals surface area (Å²) in [5.41, 5.74) is 6.33. The van der Waals surface area contributed by atoms with Gasteiger partial charge in [-0.2, -0.15) is 0 Å². The number of rotatable bonds is 6. The average Bonchev–Trinajstić information content (AvgIpc) is 2.97. The van der Waals surface area contributed by atoms with Crippen LogP contribution in [0, 0.1) is 17.8 Å². The van der Waals surface area contributed by atoms with Crippen molar-refractivity contribution in [1.82, 2.24) is 10.2 Å². The second-order valence-electron chi connectivity index (χ2n) is 7.77. The summed E-state index contributed by atoms with van der Waals surface area (Å²) in [7, 11) is 1.75. The van der Waals surface area contributed by atoms with Gasteiger partial charge in [0.15, 0.2) is 0 Å². The quantitative estimate of drug-likeness (QED) is 0.775. The second kappa shape index (κ2) is 7.95. The molecule has 0 aromatic rings. The molecule has 3 atom stereocenters. The van der Waals surface area contributed by atoms with E-state index in [0.29, 0.717) is 23.9 Å². The van der Waals surface area contributed by atoms with Crippen LogP contribution in [0.1, 0.15) is 44.9 Å². The van der Waals surface area contributed by atoms with Crippen LogP contribution in [0.2, 0.25) is 0 Å². The Kier molecular flexibility index (Phi) is 5.94. The number of nitrogens with zero attached hydrogens (tertiary/aromatic N) is 1. The van der Waals surface area contributed by atoms with Gasteiger partial charge in [0.1, 0.15) is 0 Å². The molecule has 1 heterocycles. The maximum Gasteiger partial charge on any atom is 0.223 e. The summed E-state index contributed by atoms with van der Waals surface area (Å²) in [6.45, 7) is 3.67. The van der Waals surface area contributed by atoms with Crippen LogP contribution in [0.3, 0.4) is 0 Å². The topological polar surface area (TPSA) is 67.6 Å². The van der Waals surface area contributed by atoms with E-state index in [0.717, 1.165) is 39.1 Å². The average molecular weight is 323 g/mol. The molecule has 1 saturated heterocycles. The van der Waals surface area contributed by atoms with Crippen molar-refractivity contribution >= 4 is 5.91 Å². The predicted molar refractivity (Wildman–Crippen MR) is 91.0 cm³/mol. The molecule has 3 rings (SSSR count). The van der Waals surface area contributed by atoms with E-state index >= 15 is 0 Å². The monoisotopic (exact) mass is 323 g/mol. The molecule has 0 radical (unpaired) electrons. The number of amides is 1. The van der Waals surface area contributed by atoms with Crippen LogP contribution >= 0.6 is 0 Å². The second-order valence-corrected chi connectivity index (χ2v) is 7.77. The number of methoxy groups -OCH3 is 1. The fourth-order valence-electron chi connectivity index (χ4n) is 5.00. The minimum Gasteiger partial charge on any atom is -0.383 e. The Labute approximate surface area is 140 Å². The van der Waals surface area contributed by atoms with Crippen LogP contribution in [0.5, 0.6) is 0 Å². The first-order valence-electron chi connectivity index (χ1n) is 9.45. The maximum atomic E-state index is 12.6. The summed E-state index contributed by atoms with van der Waals surface area (Å²) in [4.78, 5) is 15.1. The van der Waals surface area contributed by atoms with Crippen molar-refractivity contribution in [2.24, 2.45) is 23.5 Å². The minimum absolute atomic E-state index is 0.193. The summed E-state index contributed by atoms with van der Waals surface area (Å²) in [6, 6.07) is 0.826. The third-order valence-electron chi connectivity index (χ3n) is 6.38. The highest BCUT2D eigenvalue weighted by Crippen LogP contribution is 2.41. The number of nitrogens with one attached hydrogen (secondary N) is 1. The smallest absolute Gasteiger partial charge is 0.223 e. The molecule has 3 unspecified atom stereocenters. The molecule has 5 heteroatoms. The Morgan fingerprint density at radius 2 is 1.96 bits per heavy atom. The van der Waals surface area contributed by atoms with Gasteiger partial charge in [0.05, 0.1) is 6.61 Å². The molecule has 0 spiro atoms. The van der Waals surface area contributed by atoms with E-state index in [9.17, 15) is 4.79 Å². The highest BCUT2D eigenvalue weighted by Gasteiger charge is 2.40. The van der Waals surface area contributed by atoms with Crippen LogP contribution in [0.4, 0.5) is 0 Å². The van der Waals surface area contributed by atoms with E-state index in [4.69, 9.17) is 10.5 Å². The van der Waals surface area contributed by atoms with Crippen LogP contribution in [0.25, 0.3) is 0 Å². The number of carbonyl (C=O) groups is 1. The van der Waals surface area contributed by atoms with Gasteiger partial charge in [-0.1, -0.05) is 6.42 Å². The molecule has 0 aromatic heterocycles. The molecule has 3 fully saturated rings. The number of likely N-dealkylation sites (tertiary alicyclic amines) is 1. The van der Waals surface area contributed by atoms with Crippen molar-refractivity contribution in [2.75, 3.05) is 33.4 Å². The highest BCUT2D eigenvalue weighted by molar-refractivity contribution is 5.78. The lowest BCUT2D eigenvalue weighted by atomic mass is 9.65. The van der Waals surface area contributed by atoms with Gasteiger partial charge < -0.3 is 15.8 Å². The molecule has 2 saturated carbocycles. The van der Waals surface area contributed by atoms with E-state index < -0.39 is 0 Å². The van der Waals surface area contributed by atoms with Gasteiger partial charge in [0.2, 0.25) is 5.91 Å². The molecule has 132 valence electrons. The van der Waals surface area contributed by atoms with Crippen molar-refractivity contribution in [3.05, 3.63) is 0 Å². The molecule has 0 aromatic carbocycles. The van der Waals surface area contributed by atoms with Crippen molar-refractivity contribution in [3.8, 4) is 0 Å². The Morgan fingerprint density at radius 3 is 2.65 bits per heavy atom. The Morgan fingerprint density at radius 1 is 1.22 bits per heavy atom. The summed E-state index contributed by atoms with van der Waals surface area (Å²) in [5.74, 6) is 1.61. The van der Waals surface area contributed by atoms with Crippen molar-refractivity contribution in [3.63, 3.8) is 0 Å². The summed E-state index contributed by atoms with van der Waals surface area (Å²) >= 11 is 0. The van der Waals surface area contributed by atoms with Gasteiger partial charge in [-0.15, -0.1) is 0 Å². The first-order chi connectivity index (χ1) is 11.2. The molecular weight excluding hydrogens is 290 g/mol. The summed E-state index contributed by atoms with van der Waals surface area (Å²) in [6.07, 6.45) is 8.15. The molecular formula is C18H33N3O2. The van der Waals surface area contributed by atoms with Crippen LogP contribution in [0.15, 0.2) is 0 Å². The Hall–Kier alpha value is -0.650. The number of nitrogens with two attached hydrogens (primary N) is 1. The minimum atomic E-state index is 0.193. The standard InChI is InChI=1S/C18H33N3O2/c1-23-9-8-21-7-3-6-16(21)12-20-18(22)15-10-13-4-2-5-14(11-15)17(13)19/h13-17H,2-12,19H2,1H3,(H,20,22). The number of carbonyl (C=O) groups excluding carboxylic acids is 1.